The van der Waals surface area contributed by atoms with E-state index in [9.17, 15) is 0 Å². The van der Waals surface area contributed by atoms with Crippen molar-refractivity contribution in [3.8, 4) is 11.1 Å². The molecule has 0 unspecified atom stereocenters. The zero-order valence-electron chi connectivity index (χ0n) is 15.7. The molecule has 0 aliphatic heterocycles. The van der Waals surface area contributed by atoms with E-state index in [0.29, 0.717) is 5.92 Å². The third kappa shape index (κ3) is 4.72. The van der Waals surface area contributed by atoms with Crippen LogP contribution in [0, 0.1) is 6.08 Å². The first-order valence-corrected chi connectivity index (χ1v) is 10.3. The van der Waals surface area contributed by atoms with Crippen molar-refractivity contribution in [2.45, 2.75) is 12.0 Å². The minimum absolute atomic E-state index is 0. The van der Waals surface area contributed by atoms with Crippen molar-refractivity contribution in [3.63, 3.8) is 0 Å². The van der Waals surface area contributed by atoms with Gasteiger partial charge in [-0.15, -0.1) is 0 Å². The van der Waals surface area contributed by atoms with Crippen LogP contribution < -0.4 is 24.8 Å². The Balaban J connectivity index is 0.000001000. The summed E-state index contributed by atoms with van der Waals surface area (Å²) in [7, 11) is 0.769. The van der Waals surface area contributed by atoms with Crippen LogP contribution in [0.2, 0.25) is 0 Å². The Labute approximate surface area is 206 Å². The van der Waals surface area contributed by atoms with E-state index in [4.69, 9.17) is 0 Å². The third-order valence-electron chi connectivity index (χ3n) is 5.18. The fourth-order valence-electron chi connectivity index (χ4n) is 3.97. The Morgan fingerprint density at radius 3 is 1.86 bits per heavy atom. The van der Waals surface area contributed by atoms with Crippen molar-refractivity contribution in [3.05, 3.63) is 119 Å². The molecule has 3 aromatic carbocycles. The molecule has 0 saturated heterocycles. The van der Waals surface area contributed by atoms with Gasteiger partial charge in [0.05, 0.1) is 0 Å². The van der Waals surface area contributed by atoms with Crippen molar-refractivity contribution < 1.29 is 51.0 Å². The van der Waals surface area contributed by atoms with E-state index in [2.05, 4.69) is 97.1 Å². The molecule has 0 N–H and O–H groups in total. The third-order valence-corrected chi connectivity index (χ3v) is 6.44. The largest absolute Gasteiger partial charge is 3.00 e. The minimum atomic E-state index is 0. The van der Waals surface area contributed by atoms with Crippen molar-refractivity contribution in [2.24, 2.45) is 0 Å². The second-order valence-electron chi connectivity index (χ2n) is 6.77. The first-order chi connectivity index (χ1) is 12.9. The first-order valence-electron chi connectivity index (χ1n) is 9.05. The molecule has 0 nitrogen and oxygen atoms in total. The molecule has 0 heterocycles. The summed E-state index contributed by atoms with van der Waals surface area (Å²) in [6, 6.07) is 29.4. The summed E-state index contributed by atoms with van der Waals surface area (Å²) in [4.78, 5) is 0. The fourth-order valence-corrected chi connectivity index (χ4v) is 5.03. The van der Waals surface area contributed by atoms with Crippen LogP contribution in [0.5, 0.6) is 0 Å². The van der Waals surface area contributed by atoms with Crippen molar-refractivity contribution >= 4 is 14.3 Å². The van der Waals surface area contributed by atoms with Gasteiger partial charge in [0.2, 0.25) is 0 Å². The Morgan fingerprint density at radius 1 is 0.690 bits per heavy atom. The van der Waals surface area contributed by atoms with Gasteiger partial charge in [-0.1, -0.05) is 78.9 Å². The fraction of sp³-hybridized carbons (Fsp3) is 0.0800. The molecule has 5 rings (SSSR count). The molecular weight excluding hydrogens is 490 g/mol. The summed E-state index contributed by atoms with van der Waals surface area (Å²) in [6.07, 6.45) is 8.26. The van der Waals surface area contributed by atoms with Crippen LogP contribution in [0.3, 0.4) is 0 Å². The number of fused-ring (bicyclic) bond motifs is 3. The van der Waals surface area contributed by atoms with E-state index in [1.165, 1.54) is 38.6 Å². The second kappa shape index (κ2) is 10.6. The molecular formula is C25H18Cl2SiZr. The smallest absolute Gasteiger partial charge is 1.00 e. The molecule has 140 valence electrons. The van der Waals surface area contributed by atoms with E-state index >= 15 is 0 Å². The number of benzene rings is 3. The number of hydrogen-bond donors (Lipinski definition) is 0. The monoisotopic (exact) mass is 506 g/mol. The standard InChI is InChI=1S/C25H18Si.2ClH.Zr/c1-2-8-18(9-3-1)17-26-20-15-14-19(16-20)25-23-12-6-4-10-21(23)22-11-5-7-13-24(22)25;;;/h1-15,25H,17H2;2*1H;/q-1;;;+3/p-2. The van der Waals surface area contributed by atoms with E-state index in [1.807, 2.05) is 0 Å². The summed E-state index contributed by atoms with van der Waals surface area (Å²) in [5.74, 6) is 0.317. The van der Waals surface area contributed by atoms with Crippen LogP contribution in [0.15, 0.2) is 96.6 Å². The van der Waals surface area contributed by atoms with Crippen LogP contribution in [0.4, 0.5) is 0 Å². The van der Waals surface area contributed by atoms with E-state index in [1.54, 1.807) is 0 Å². The van der Waals surface area contributed by atoms with Crippen molar-refractivity contribution in [1.29, 1.82) is 0 Å². The molecule has 0 amide bonds. The Bertz CT molecular complexity index is 1030. The maximum absolute atomic E-state index is 3.72. The molecule has 2 radical (unpaired) electrons. The van der Waals surface area contributed by atoms with Gasteiger partial charge in [0, 0.05) is 15.0 Å². The van der Waals surface area contributed by atoms with Gasteiger partial charge < -0.3 is 24.8 Å². The van der Waals surface area contributed by atoms with Gasteiger partial charge in [0.25, 0.3) is 0 Å². The average Bonchev–Trinajstić information content (AvgIpc) is 3.29. The molecule has 0 bridgehead atoms. The minimum Gasteiger partial charge on any atom is -1.00 e. The van der Waals surface area contributed by atoms with E-state index in [-0.39, 0.29) is 51.0 Å². The van der Waals surface area contributed by atoms with Crippen LogP contribution in [-0.4, -0.2) is 14.3 Å². The first kappa shape index (κ1) is 24.0. The van der Waals surface area contributed by atoms with Crippen molar-refractivity contribution in [1.82, 2.24) is 0 Å². The summed E-state index contributed by atoms with van der Waals surface area (Å²) in [5, 5.41) is 1.34. The van der Waals surface area contributed by atoms with Crippen LogP contribution in [-0.2, 0) is 32.2 Å². The normalized spacial score (nSPS) is 14.9. The molecule has 0 aromatic heterocycles. The van der Waals surface area contributed by atoms with Crippen molar-refractivity contribution in [2.75, 3.05) is 0 Å². The Kier molecular flexibility index (Phi) is 8.79. The van der Waals surface area contributed by atoms with Crippen LogP contribution in [0.25, 0.3) is 11.1 Å². The summed E-state index contributed by atoms with van der Waals surface area (Å²) in [5.41, 5.74) is 8.27. The number of rotatable bonds is 3. The summed E-state index contributed by atoms with van der Waals surface area (Å²) < 4.78 is 0. The molecule has 0 saturated carbocycles. The van der Waals surface area contributed by atoms with E-state index < -0.39 is 0 Å². The van der Waals surface area contributed by atoms with Gasteiger partial charge in [-0.05, 0) is 33.9 Å². The van der Waals surface area contributed by atoms with Crippen LogP contribution in [0.1, 0.15) is 22.6 Å². The van der Waals surface area contributed by atoms with Gasteiger partial charge in [-0.3, -0.25) is 0 Å². The molecule has 2 aliphatic carbocycles. The maximum atomic E-state index is 3.72. The Morgan fingerprint density at radius 2 is 1.24 bits per heavy atom. The van der Waals surface area contributed by atoms with Gasteiger partial charge >= 0.3 is 26.2 Å². The Hall–Kier alpha value is -1.31. The molecule has 0 atom stereocenters. The second-order valence-corrected chi connectivity index (χ2v) is 8.02. The molecule has 0 spiro atoms. The predicted molar refractivity (Wildman–Crippen MR) is 111 cm³/mol. The number of allylic oxidation sites excluding steroid dienone is 4. The number of hydrogen-bond acceptors (Lipinski definition) is 0. The maximum Gasteiger partial charge on any atom is 3.00 e. The van der Waals surface area contributed by atoms with Gasteiger partial charge in [-0.25, -0.2) is 12.2 Å². The SMILES string of the molecule is [C-]1=C(C2c3ccccc3-c3ccccc32)C=CC1=[Si]Cc1ccccc1.[Cl-].[Cl-].[Zr+3]. The topological polar surface area (TPSA) is 0 Å². The zero-order chi connectivity index (χ0) is 17.3. The van der Waals surface area contributed by atoms with Gasteiger partial charge in [0.15, 0.2) is 0 Å². The predicted octanol–water partition coefficient (Wildman–Crippen LogP) is -0.819. The summed E-state index contributed by atoms with van der Waals surface area (Å²) >= 11 is 0. The molecule has 0 fully saturated rings. The molecule has 3 aromatic rings. The zero-order valence-corrected chi connectivity index (χ0v) is 20.7. The molecule has 29 heavy (non-hydrogen) atoms. The summed E-state index contributed by atoms with van der Waals surface area (Å²) in [6.45, 7) is 0. The molecule has 2 aliphatic rings. The quantitative estimate of drug-likeness (QED) is 0.321. The van der Waals surface area contributed by atoms with E-state index in [0.717, 1.165) is 15.2 Å². The van der Waals surface area contributed by atoms with Gasteiger partial charge in [-0.2, -0.15) is 16.8 Å². The molecule has 4 heteroatoms. The van der Waals surface area contributed by atoms with Crippen LogP contribution >= 0.6 is 0 Å². The average molecular weight is 509 g/mol. The number of halogens is 2. The van der Waals surface area contributed by atoms with Gasteiger partial charge in [0.1, 0.15) is 0 Å².